The summed E-state index contributed by atoms with van der Waals surface area (Å²) in [5.74, 6) is -2.25. The van der Waals surface area contributed by atoms with E-state index >= 15 is 0 Å². The van der Waals surface area contributed by atoms with Crippen LogP contribution in [0.15, 0.2) is 54.6 Å². The van der Waals surface area contributed by atoms with E-state index in [9.17, 15) is 4.79 Å². The van der Waals surface area contributed by atoms with E-state index < -0.39 is 11.9 Å². The fourth-order valence-electron chi connectivity index (χ4n) is 1.71. The smallest absolute Gasteiger partial charge is 0.414 e. The lowest BCUT2D eigenvalue weighted by Gasteiger charge is -2.09. The highest BCUT2D eigenvalue weighted by Crippen LogP contribution is 2.23. The van der Waals surface area contributed by atoms with Crippen molar-refractivity contribution in [1.29, 1.82) is 0 Å². The average Bonchev–Trinajstić information content (AvgIpc) is 2.61. The van der Waals surface area contributed by atoms with Crippen LogP contribution in [0, 0.1) is 0 Å². The molecule has 1 amide bonds. The number of amides is 1. The van der Waals surface area contributed by atoms with Gasteiger partial charge in [-0.05, 0) is 30.8 Å². The summed E-state index contributed by atoms with van der Waals surface area (Å²) in [6.45, 7) is 3.03. The number of carbonyl (C=O) groups is 3. The van der Waals surface area contributed by atoms with Crippen LogP contribution in [0.5, 0.6) is 11.5 Å². The summed E-state index contributed by atoms with van der Waals surface area (Å²) < 4.78 is 5.71. The van der Waals surface area contributed by atoms with Gasteiger partial charge in [-0.25, -0.2) is 9.59 Å². The standard InChI is InChI=1S/C16H18N2O2.C2H2O4/c1-2-17-12-16(19)18-13-7-6-10-15(11-13)20-14-8-4-3-5-9-14;3-1(4)2(5)6/h3-11,17H,2,12H2,1H3,(H,18,19);(H,3,4)(H,5,6). The number of ether oxygens (including phenoxy) is 1. The maximum absolute atomic E-state index is 11.6. The van der Waals surface area contributed by atoms with Crippen LogP contribution in [0.2, 0.25) is 0 Å². The first-order chi connectivity index (χ1) is 12.4. The molecule has 0 aliphatic rings. The first kappa shape index (κ1) is 20.7. The zero-order valence-corrected chi connectivity index (χ0v) is 14.1. The Morgan fingerprint density at radius 3 is 2.12 bits per heavy atom. The third-order valence-corrected chi connectivity index (χ3v) is 2.82. The lowest BCUT2D eigenvalue weighted by Crippen LogP contribution is -2.27. The van der Waals surface area contributed by atoms with Crippen molar-refractivity contribution in [2.24, 2.45) is 0 Å². The Morgan fingerprint density at radius 2 is 1.54 bits per heavy atom. The van der Waals surface area contributed by atoms with Crippen LogP contribution in [-0.2, 0) is 14.4 Å². The molecule has 0 saturated heterocycles. The van der Waals surface area contributed by atoms with Gasteiger partial charge in [0.25, 0.3) is 0 Å². The van der Waals surface area contributed by atoms with Crippen molar-refractivity contribution in [3.63, 3.8) is 0 Å². The zero-order valence-electron chi connectivity index (χ0n) is 14.1. The summed E-state index contributed by atoms with van der Waals surface area (Å²) in [4.78, 5) is 29.8. The molecule has 2 aromatic carbocycles. The molecule has 0 aliphatic heterocycles. The summed E-state index contributed by atoms with van der Waals surface area (Å²) in [6, 6.07) is 16.9. The maximum Gasteiger partial charge on any atom is 0.414 e. The molecule has 0 fully saturated rings. The van der Waals surface area contributed by atoms with Crippen LogP contribution in [-0.4, -0.2) is 41.1 Å². The van der Waals surface area contributed by atoms with Gasteiger partial charge in [-0.1, -0.05) is 31.2 Å². The molecule has 0 atom stereocenters. The van der Waals surface area contributed by atoms with Gasteiger partial charge in [0.2, 0.25) is 5.91 Å². The molecule has 4 N–H and O–H groups in total. The van der Waals surface area contributed by atoms with Crippen molar-refractivity contribution in [2.75, 3.05) is 18.4 Å². The first-order valence-electron chi connectivity index (χ1n) is 7.72. The van der Waals surface area contributed by atoms with E-state index in [1.807, 2.05) is 55.5 Å². The molecule has 0 aliphatic carbocycles. The van der Waals surface area contributed by atoms with Crippen LogP contribution in [0.25, 0.3) is 0 Å². The number of rotatable bonds is 6. The Balaban J connectivity index is 0.000000487. The number of carboxylic acid groups (broad SMARTS) is 2. The second-order valence-corrected chi connectivity index (χ2v) is 4.88. The highest BCUT2D eigenvalue weighted by atomic mass is 16.5. The molecule has 0 aromatic heterocycles. The Kier molecular flexibility index (Phi) is 8.91. The Morgan fingerprint density at radius 1 is 0.923 bits per heavy atom. The molecule has 0 heterocycles. The highest BCUT2D eigenvalue weighted by molar-refractivity contribution is 6.27. The first-order valence-corrected chi connectivity index (χ1v) is 7.72. The SMILES string of the molecule is CCNCC(=O)Nc1cccc(Oc2ccccc2)c1.O=C(O)C(=O)O. The van der Waals surface area contributed by atoms with Gasteiger partial charge in [0.1, 0.15) is 11.5 Å². The average molecular weight is 360 g/mol. The number of hydrogen-bond acceptors (Lipinski definition) is 5. The summed E-state index contributed by atoms with van der Waals surface area (Å²) in [5, 5.41) is 20.6. The van der Waals surface area contributed by atoms with Gasteiger partial charge < -0.3 is 25.6 Å². The van der Waals surface area contributed by atoms with Crippen molar-refractivity contribution in [2.45, 2.75) is 6.92 Å². The maximum atomic E-state index is 11.6. The number of carboxylic acids is 2. The van der Waals surface area contributed by atoms with Gasteiger partial charge in [-0.3, -0.25) is 4.79 Å². The fraction of sp³-hybridized carbons (Fsp3) is 0.167. The zero-order chi connectivity index (χ0) is 19.4. The highest BCUT2D eigenvalue weighted by Gasteiger charge is 2.04. The monoisotopic (exact) mass is 360 g/mol. The minimum atomic E-state index is -1.82. The largest absolute Gasteiger partial charge is 0.473 e. The minimum Gasteiger partial charge on any atom is -0.473 e. The van der Waals surface area contributed by atoms with Crippen molar-refractivity contribution in [1.82, 2.24) is 5.32 Å². The van der Waals surface area contributed by atoms with E-state index in [2.05, 4.69) is 10.6 Å². The molecule has 0 bridgehead atoms. The predicted molar refractivity (Wildman–Crippen MR) is 95.4 cm³/mol. The molecule has 138 valence electrons. The van der Waals surface area contributed by atoms with Gasteiger partial charge in [0.15, 0.2) is 0 Å². The van der Waals surface area contributed by atoms with Crippen LogP contribution in [0.3, 0.4) is 0 Å². The number of aliphatic carboxylic acids is 2. The Labute approximate surface area is 150 Å². The van der Waals surface area contributed by atoms with Crippen molar-refractivity contribution in [3.8, 4) is 11.5 Å². The van der Waals surface area contributed by atoms with Crippen LogP contribution in [0.1, 0.15) is 6.92 Å². The van der Waals surface area contributed by atoms with Crippen molar-refractivity contribution in [3.05, 3.63) is 54.6 Å². The number of benzene rings is 2. The number of anilines is 1. The number of nitrogens with one attached hydrogen (secondary N) is 2. The van der Waals surface area contributed by atoms with Gasteiger partial charge in [-0.15, -0.1) is 0 Å². The molecular formula is C18H20N2O6. The third-order valence-electron chi connectivity index (χ3n) is 2.82. The number of likely N-dealkylation sites (N-methyl/N-ethyl adjacent to an activating group) is 1. The van der Waals surface area contributed by atoms with Crippen molar-refractivity contribution >= 4 is 23.5 Å². The van der Waals surface area contributed by atoms with E-state index in [-0.39, 0.29) is 5.91 Å². The number of carbonyl (C=O) groups excluding carboxylic acids is 1. The van der Waals surface area contributed by atoms with E-state index in [1.165, 1.54) is 0 Å². The molecule has 8 heteroatoms. The lowest BCUT2D eigenvalue weighted by atomic mass is 10.3. The van der Waals surface area contributed by atoms with Gasteiger partial charge in [0.05, 0.1) is 6.54 Å². The molecule has 26 heavy (non-hydrogen) atoms. The van der Waals surface area contributed by atoms with Crippen LogP contribution >= 0.6 is 0 Å². The topological polar surface area (TPSA) is 125 Å². The van der Waals surface area contributed by atoms with Gasteiger partial charge >= 0.3 is 11.9 Å². The van der Waals surface area contributed by atoms with E-state index in [0.717, 1.165) is 18.0 Å². The second kappa shape index (κ2) is 11.2. The summed E-state index contributed by atoms with van der Waals surface area (Å²) >= 11 is 0. The predicted octanol–water partition coefficient (Wildman–Crippen LogP) is 2.18. The summed E-state index contributed by atoms with van der Waals surface area (Å²) in [6.07, 6.45) is 0. The Bertz CT molecular complexity index is 721. The van der Waals surface area contributed by atoms with E-state index in [0.29, 0.717) is 12.3 Å². The molecule has 0 radical (unpaired) electrons. The molecule has 0 unspecified atom stereocenters. The van der Waals surface area contributed by atoms with E-state index in [1.54, 1.807) is 6.07 Å². The molecule has 2 aromatic rings. The molecule has 0 spiro atoms. The normalized spacial score (nSPS) is 9.42. The van der Waals surface area contributed by atoms with Crippen molar-refractivity contribution < 1.29 is 29.3 Å². The number of para-hydroxylation sites is 1. The Hall–Kier alpha value is -3.39. The number of hydrogen-bond donors (Lipinski definition) is 4. The lowest BCUT2D eigenvalue weighted by molar-refractivity contribution is -0.159. The third kappa shape index (κ3) is 8.46. The quantitative estimate of drug-likeness (QED) is 0.582. The summed E-state index contributed by atoms with van der Waals surface area (Å²) in [7, 11) is 0. The van der Waals surface area contributed by atoms with Gasteiger partial charge in [0, 0.05) is 11.8 Å². The minimum absolute atomic E-state index is 0.0660. The molecule has 2 rings (SSSR count). The van der Waals surface area contributed by atoms with E-state index in [4.69, 9.17) is 24.5 Å². The fourth-order valence-corrected chi connectivity index (χ4v) is 1.71. The molecular weight excluding hydrogens is 340 g/mol. The molecule has 8 nitrogen and oxygen atoms in total. The van der Waals surface area contributed by atoms with Crippen LogP contribution in [0.4, 0.5) is 5.69 Å². The summed E-state index contributed by atoms with van der Waals surface area (Å²) in [5.41, 5.74) is 0.723. The second-order valence-electron chi connectivity index (χ2n) is 4.88. The van der Waals surface area contributed by atoms with Crippen LogP contribution < -0.4 is 15.4 Å². The van der Waals surface area contributed by atoms with Gasteiger partial charge in [-0.2, -0.15) is 0 Å². The molecule has 0 saturated carbocycles.